The van der Waals surface area contributed by atoms with Crippen LogP contribution in [-0.4, -0.2) is 0 Å². The van der Waals surface area contributed by atoms with Gasteiger partial charge in [0.15, 0.2) is 0 Å². The van der Waals surface area contributed by atoms with E-state index in [1.165, 1.54) is 0 Å². The van der Waals surface area contributed by atoms with Crippen LogP contribution in [0.1, 0.15) is 12.0 Å². The van der Waals surface area contributed by atoms with Gasteiger partial charge < -0.3 is 11.5 Å². The Kier molecular flexibility index (Phi) is 2.63. The summed E-state index contributed by atoms with van der Waals surface area (Å²) in [6.45, 7) is 3.61. The van der Waals surface area contributed by atoms with E-state index in [1.807, 2.05) is 30.3 Å². The molecule has 0 fully saturated rings. The van der Waals surface area contributed by atoms with Crippen molar-refractivity contribution in [2.24, 2.45) is 11.5 Å². The Morgan fingerprint density at radius 1 is 1.25 bits per heavy atom. The summed E-state index contributed by atoms with van der Waals surface area (Å²) in [5.41, 5.74) is 11.9. The van der Waals surface area contributed by atoms with E-state index in [9.17, 15) is 0 Å². The summed E-state index contributed by atoms with van der Waals surface area (Å²) < 4.78 is 0. The van der Waals surface area contributed by atoms with E-state index >= 15 is 0 Å². The Bertz CT molecular complexity index is 252. The Hall–Kier alpha value is -1.12. The molecule has 2 heteroatoms. The monoisotopic (exact) mass is 162 g/mol. The lowest BCUT2D eigenvalue weighted by atomic mass is 9.98. The third-order valence-corrected chi connectivity index (χ3v) is 1.79. The van der Waals surface area contributed by atoms with E-state index in [2.05, 4.69) is 6.58 Å². The van der Waals surface area contributed by atoms with Gasteiger partial charge in [0.2, 0.25) is 0 Å². The number of hydrogen-bond acceptors (Lipinski definition) is 2. The summed E-state index contributed by atoms with van der Waals surface area (Å²) in [6.07, 6.45) is 2.31. The van der Waals surface area contributed by atoms with Crippen LogP contribution in [0.3, 0.4) is 0 Å². The van der Waals surface area contributed by atoms with Crippen LogP contribution in [0, 0.1) is 0 Å². The van der Waals surface area contributed by atoms with Gasteiger partial charge in [0.1, 0.15) is 0 Å². The molecular formula is C10H14N2. The minimum Gasteiger partial charge on any atom is -0.309 e. The average molecular weight is 162 g/mol. The van der Waals surface area contributed by atoms with Crippen LogP contribution in [-0.2, 0) is 5.66 Å². The van der Waals surface area contributed by atoms with Crippen molar-refractivity contribution in [2.75, 3.05) is 0 Å². The molecule has 0 atom stereocenters. The Morgan fingerprint density at radius 3 is 2.33 bits per heavy atom. The lowest BCUT2D eigenvalue weighted by molar-refractivity contribution is 0.472. The molecular weight excluding hydrogens is 148 g/mol. The van der Waals surface area contributed by atoms with E-state index in [4.69, 9.17) is 11.5 Å². The number of hydrogen-bond donors (Lipinski definition) is 2. The standard InChI is InChI=1S/C10H14N2/c1-2-8-10(11,12)9-6-4-3-5-7-9/h2-7H,1,8,11-12H2. The summed E-state index contributed by atoms with van der Waals surface area (Å²) in [5, 5.41) is 0. The summed E-state index contributed by atoms with van der Waals surface area (Å²) in [7, 11) is 0. The molecule has 0 bridgehead atoms. The molecule has 0 amide bonds. The van der Waals surface area contributed by atoms with Crippen molar-refractivity contribution >= 4 is 0 Å². The van der Waals surface area contributed by atoms with E-state index in [0.717, 1.165) is 5.56 Å². The van der Waals surface area contributed by atoms with Gasteiger partial charge in [-0.05, 0) is 5.56 Å². The first-order valence-corrected chi connectivity index (χ1v) is 3.91. The highest BCUT2D eigenvalue weighted by atomic mass is 14.9. The van der Waals surface area contributed by atoms with Gasteiger partial charge in [-0.25, -0.2) is 0 Å². The molecule has 1 rings (SSSR count). The average Bonchev–Trinajstić information content (AvgIpc) is 2.06. The zero-order valence-electron chi connectivity index (χ0n) is 7.03. The first kappa shape index (κ1) is 8.97. The van der Waals surface area contributed by atoms with Crippen LogP contribution in [0.2, 0.25) is 0 Å². The van der Waals surface area contributed by atoms with Crippen molar-refractivity contribution in [3.63, 3.8) is 0 Å². The number of rotatable bonds is 3. The Morgan fingerprint density at radius 2 is 1.83 bits per heavy atom. The van der Waals surface area contributed by atoms with E-state index in [-0.39, 0.29) is 0 Å². The quantitative estimate of drug-likeness (QED) is 0.520. The summed E-state index contributed by atoms with van der Waals surface area (Å²) in [4.78, 5) is 0. The Labute approximate surface area is 72.9 Å². The fourth-order valence-corrected chi connectivity index (χ4v) is 1.11. The molecule has 0 heterocycles. The third-order valence-electron chi connectivity index (χ3n) is 1.79. The molecule has 1 aromatic carbocycles. The molecule has 4 N–H and O–H groups in total. The first-order chi connectivity index (χ1) is 5.67. The topological polar surface area (TPSA) is 52.0 Å². The van der Waals surface area contributed by atoms with Gasteiger partial charge in [0, 0.05) is 6.42 Å². The summed E-state index contributed by atoms with van der Waals surface area (Å²) >= 11 is 0. The lowest BCUT2D eigenvalue weighted by Crippen LogP contribution is -2.45. The molecule has 64 valence electrons. The maximum atomic E-state index is 5.86. The van der Waals surface area contributed by atoms with E-state index in [1.54, 1.807) is 6.08 Å². The molecule has 0 aliphatic rings. The maximum Gasteiger partial charge on any atom is 0.0934 e. The smallest absolute Gasteiger partial charge is 0.0934 e. The largest absolute Gasteiger partial charge is 0.309 e. The highest BCUT2D eigenvalue weighted by molar-refractivity contribution is 5.23. The second-order valence-electron chi connectivity index (χ2n) is 2.90. The van der Waals surface area contributed by atoms with Crippen molar-refractivity contribution < 1.29 is 0 Å². The highest BCUT2D eigenvalue weighted by Crippen LogP contribution is 2.15. The van der Waals surface area contributed by atoms with Crippen LogP contribution in [0.15, 0.2) is 43.0 Å². The van der Waals surface area contributed by atoms with Crippen LogP contribution in [0.5, 0.6) is 0 Å². The molecule has 0 unspecified atom stereocenters. The van der Waals surface area contributed by atoms with Crippen molar-refractivity contribution in [2.45, 2.75) is 12.1 Å². The molecule has 2 nitrogen and oxygen atoms in total. The van der Waals surface area contributed by atoms with Gasteiger partial charge >= 0.3 is 0 Å². The summed E-state index contributed by atoms with van der Waals surface area (Å²) in [5.74, 6) is 0. The van der Waals surface area contributed by atoms with Crippen molar-refractivity contribution in [1.82, 2.24) is 0 Å². The first-order valence-electron chi connectivity index (χ1n) is 3.91. The molecule has 0 aromatic heterocycles. The van der Waals surface area contributed by atoms with Gasteiger partial charge in [-0.3, -0.25) is 0 Å². The molecule has 0 saturated carbocycles. The minimum absolute atomic E-state index is 0.580. The van der Waals surface area contributed by atoms with Gasteiger partial charge in [-0.15, -0.1) is 6.58 Å². The number of nitrogens with two attached hydrogens (primary N) is 2. The van der Waals surface area contributed by atoms with Crippen LogP contribution in [0.4, 0.5) is 0 Å². The maximum absolute atomic E-state index is 5.86. The lowest BCUT2D eigenvalue weighted by Gasteiger charge is -2.23. The van der Waals surface area contributed by atoms with E-state index < -0.39 is 5.66 Å². The second kappa shape index (κ2) is 3.52. The molecule has 12 heavy (non-hydrogen) atoms. The fraction of sp³-hybridized carbons (Fsp3) is 0.200. The van der Waals surface area contributed by atoms with Gasteiger partial charge in [0.25, 0.3) is 0 Å². The van der Waals surface area contributed by atoms with Crippen molar-refractivity contribution in [3.05, 3.63) is 48.6 Å². The third kappa shape index (κ3) is 1.94. The van der Waals surface area contributed by atoms with Crippen molar-refractivity contribution in [1.29, 1.82) is 0 Å². The van der Waals surface area contributed by atoms with Crippen LogP contribution >= 0.6 is 0 Å². The fourth-order valence-electron chi connectivity index (χ4n) is 1.11. The highest BCUT2D eigenvalue weighted by Gasteiger charge is 2.18. The second-order valence-corrected chi connectivity index (χ2v) is 2.90. The predicted octanol–water partition coefficient (Wildman–Crippen LogP) is 1.33. The minimum atomic E-state index is -0.775. The SMILES string of the molecule is C=CCC(N)(N)c1ccccc1. The van der Waals surface area contributed by atoms with Gasteiger partial charge in [-0.2, -0.15) is 0 Å². The summed E-state index contributed by atoms with van der Waals surface area (Å²) in [6, 6.07) is 9.63. The van der Waals surface area contributed by atoms with Gasteiger partial charge in [0.05, 0.1) is 5.66 Å². The van der Waals surface area contributed by atoms with Crippen molar-refractivity contribution in [3.8, 4) is 0 Å². The molecule has 0 radical (unpaired) electrons. The van der Waals surface area contributed by atoms with Crippen LogP contribution < -0.4 is 11.5 Å². The molecule has 0 saturated heterocycles. The molecule has 0 aliphatic heterocycles. The van der Waals surface area contributed by atoms with Crippen LogP contribution in [0.25, 0.3) is 0 Å². The molecule has 1 aromatic rings. The molecule has 0 aliphatic carbocycles. The zero-order chi connectivity index (χ0) is 9.03. The number of benzene rings is 1. The molecule has 0 spiro atoms. The zero-order valence-corrected chi connectivity index (χ0v) is 7.03. The normalized spacial score (nSPS) is 11.2. The Balaban J connectivity index is 2.89. The van der Waals surface area contributed by atoms with Gasteiger partial charge in [-0.1, -0.05) is 36.4 Å². The van der Waals surface area contributed by atoms with E-state index in [0.29, 0.717) is 6.42 Å². The predicted molar refractivity (Wildman–Crippen MR) is 51.3 cm³/mol.